The van der Waals surface area contributed by atoms with Gasteiger partial charge in [-0.15, -0.1) is 10.2 Å². The molecule has 6 nitrogen and oxygen atoms in total. The molecule has 0 fully saturated rings. The van der Waals surface area contributed by atoms with E-state index in [9.17, 15) is 0 Å². The maximum absolute atomic E-state index is 4.79. The van der Waals surface area contributed by atoms with Crippen LogP contribution < -0.4 is 0 Å². The number of benzene rings is 2. The molecule has 0 aliphatic rings. The molecule has 6 aromatic rings. The third-order valence-corrected chi connectivity index (χ3v) is 4.90. The van der Waals surface area contributed by atoms with Gasteiger partial charge in [-0.1, -0.05) is 36.4 Å². The fraction of sp³-hybridized carbons (Fsp3) is 0. The van der Waals surface area contributed by atoms with Gasteiger partial charge in [-0.2, -0.15) is 0 Å². The van der Waals surface area contributed by atoms with E-state index >= 15 is 0 Å². The minimum atomic E-state index is 0.473. The highest BCUT2D eigenvalue weighted by molar-refractivity contribution is 6.20. The summed E-state index contributed by atoms with van der Waals surface area (Å²) >= 11 is 0. The number of hydrogen-bond donors (Lipinski definition) is 0. The van der Waals surface area contributed by atoms with E-state index in [2.05, 4.69) is 25.1 Å². The average molecular weight is 360 g/mol. The van der Waals surface area contributed by atoms with E-state index in [4.69, 9.17) is 4.98 Å². The van der Waals surface area contributed by atoms with Crippen molar-refractivity contribution in [3.63, 3.8) is 0 Å². The van der Waals surface area contributed by atoms with Crippen LogP contribution in [0.3, 0.4) is 0 Å². The Bertz CT molecular complexity index is 1490. The highest BCUT2D eigenvalue weighted by atomic mass is 15.2. The molecule has 0 N–H and O–H groups in total. The van der Waals surface area contributed by atoms with Crippen molar-refractivity contribution in [1.29, 1.82) is 0 Å². The summed E-state index contributed by atoms with van der Waals surface area (Å²) in [5.74, 6) is 0.473. The van der Waals surface area contributed by atoms with Gasteiger partial charge >= 0.3 is 0 Å². The van der Waals surface area contributed by atoms with Gasteiger partial charge in [-0.05, 0) is 23.6 Å². The van der Waals surface area contributed by atoms with Crippen molar-refractivity contribution in [2.45, 2.75) is 0 Å². The molecule has 2 aromatic carbocycles. The molecule has 6 rings (SSSR count). The van der Waals surface area contributed by atoms with Crippen LogP contribution >= 0.6 is 0 Å². The first-order chi connectivity index (χ1) is 13.9. The quantitative estimate of drug-likeness (QED) is 0.406. The SMILES string of the molecule is c1ccc2cc(-c3nnc4c5ncccc5c5cccnc5c4n3)ncc2c1. The summed E-state index contributed by atoms with van der Waals surface area (Å²) < 4.78 is 0. The van der Waals surface area contributed by atoms with Crippen molar-refractivity contribution < 1.29 is 0 Å². The second kappa shape index (κ2) is 5.72. The minimum absolute atomic E-state index is 0.473. The first-order valence-electron chi connectivity index (χ1n) is 8.89. The van der Waals surface area contributed by atoms with Crippen molar-refractivity contribution in [1.82, 2.24) is 30.1 Å². The number of pyridine rings is 3. The predicted octanol–water partition coefficient (Wildman–Crippen LogP) is 4.34. The Hall–Kier alpha value is -4.06. The van der Waals surface area contributed by atoms with Crippen LogP contribution in [0.15, 0.2) is 73.2 Å². The van der Waals surface area contributed by atoms with Crippen LogP contribution in [0.4, 0.5) is 0 Å². The summed E-state index contributed by atoms with van der Waals surface area (Å²) in [5.41, 5.74) is 3.57. The molecule has 0 spiro atoms. The van der Waals surface area contributed by atoms with Crippen LogP contribution in [0.25, 0.3) is 55.1 Å². The molecular weight excluding hydrogens is 348 g/mol. The van der Waals surface area contributed by atoms with E-state index in [-0.39, 0.29) is 0 Å². The van der Waals surface area contributed by atoms with E-state index in [0.717, 1.165) is 32.6 Å². The lowest BCUT2D eigenvalue weighted by Gasteiger charge is -2.08. The van der Waals surface area contributed by atoms with E-state index in [0.29, 0.717) is 22.6 Å². The normalized spacial score (nSPS) is 11.6. The Morgan fingerprint density at radius 1 is 0.571 bits per heavy atom. The average Bonchev–Trinajstić information content (AvgIpc) is 2.78. The van der Waals surface area contributed by atoms with E-state index in [1.165, 1.54) is 0 Å². The third-order valence-electron chi connectivity index (χ3n) is 4.90. The van der Waals surface area contributed by atoms with Gasteiger partial charge in [0.15, 0.2) is 0 Å². The summed E-state index contributed by atoms with van der Waals surface area (Å²) in [5, 5.41) is 13.0. The van der Waals surface area contributed by atoms with Crippen LogP contribution in [0.1, 0.15) is 0 Å². The lowest BCUT2D eigenvalue weighted by molar-refractivity contribution is 1.02. The zero-order valence-electron chi connectivity index (χ0n) is 14.6. The summed E-state index contributed by atoms with van der Waals surface area (Å²) in [4.78, 5) is 18.4. The monoisotopic (exact) mass is 360 g/mol. The zero-order valence-corrected chi connectivity index (χ0v) is 14.6. The molecule has 0 aliphatic carbocycles. The molecule has 0 saturated carbocycles. The second-order valence-electron chi connectivity index (χ2n) is 6.55. The molecule has 0 unspecified atom stereocenters. The van der Waals surface area contributed by atoms with Crippen molar-refractivity contribution in [3.05, 3.63) is 73.2 Å². The van der Waals surface area contributed by atoms with Gasteiger partial charge in [0.2, 0.25) is 5.82 Å². The molecule has 6 heteroatoms. The molecule has 0 saturated heterocycles. The number of fused-ring (bicyclic) bond motifs is 7. The Kier molecular flexibility index (Phi) is 3.07. The predicted molar refractivity (Wildman–Crippen MR) is 109 cm³/mol. The van der Waals surface area contributed by atoms with Gasteiger partial charge < -0.3 is 0 Å². The molecule has 0 aliphatic heterocycles. The van der Waals surface area contributed by atoms with Gasteiger partial charge in [0, 0.05) is 34.7 Å². The number of hydrogen-bond acceptors (Lipinski definition) is 6. The molecule has 0 radical (unpaired) electrons. The number of nitrogens with zero attached hydrogens (tertiary/aromatic N) is 6. The zero-order chi connectivity index (χ0) is 18.5. The summed E-state index contributed by atoms with van der Waals surface area (Å²) in [7, 11) is 0. The fourth-order valence-corrected chi connectivity index (χ4v) is 3.59. The minimum Gasteiger partial charge on any atom is -0.254 e. The maximum atomic E-state index is 4.79. The summed E-state index contributed by atoms with van der Waals surface area (Å²) in [6.07, 6.45) is 5.35. The molecule has 4 heterocycles. The van der Waals surface area contributed by atoms with Gasteiger partial charge in [-0.3, -0.25) is 15.0 Å². The summed E-state index contributed by atoms with van der Waals surface area (Å²) in [6, 6.07) is 17.9. The number of aromatic nitrogens is 6. The van der Waals surface area contributed by atoms with Crippen LogP contribution in [-0.4, -0.2) is 30.1 Å². The van der Waals surface area contributed by atoms with Crippen molar-refractivity contribution in [2.24, 2.45) is 0 Å². The van der Waals surface area contributed by atoms with Crippen molar-refractivity contribution >= 4 is 43.6 Å². The van der Waals surface area contributed by atoms with Crippen molar-refractivity contribution in [3.8, 4) is 11.5 Å². The molecule has 0 atom stereocenters. The highest BCUT2D eigenvalue weighted by Crippen LogP contribution is 2.31. The molecule has 4 aromatic heterocycles. The Morgan fingerprint density at radius 3 is 2.07 bits per heavy atom. The molecule has 130 valence electrons. The van der Waals surface area contributed by atoms with Crippen molar-refractivity contribution in [2.75, 3.05) is 0 Å². The maximum Gasteiger partial charge on any atom is 0.201 e. The molecule has 0 amide bonds. The lowest BCUT2D eigenvalue weighted by Crippen LogP contribution is -1.99. The van der Waals surface area contributed by atoms with Crippen LogP contribution in [-0.2, 0) is 0 Å². The van der Waals surface area contributed by atoms with E-state index < -0.39 is 0 Å². The fourth-order valence-electron chi connectivity index (χ4n) is 3.59. The Balaban J connectivity index is 1.70. The van der Waals surface area contributed by atoms with Crippen LogP contribution in [0.5, 0.6) is 0 Å². The smallest absolute Gasteiger partial charge is 0.201 e. The second-order valence-corrected chi connectivity index (χ2v) is 6.55. The number of rotatable bonds is 1. The standard InChI is InChI=1S/C22H12N6/c1-2-6-14-12-25-17(11-13(14)5-1)22-26-20-18-15(7-3-9-23-18)16-8-4-10-24-19(16)21(20)27-28-22/h1-12H. The van der Waals surface area contributed by atoms with Gasteiger partial charge in [0.25, 0.3) is 0 Å². The van der Waals surface area contributed by atoms with Gasteiger partial charge in [0.1, 0.15) is 22.2 Å². The lowest BCUT2D eigenvalue weighted by atomic mass is 10.1. The largest absolute Gasteiger partial charge is 0.254 e. The summed E-state index contributed by atoms with van der Waals surface area (Å²) in [6.45, 7) is 0. The van der Waals surface area contributed by atoms with E-state index in [1.807, 2.05) is 60.8 Å². The first kappa shape index (κ1) is 15.0. The van der Waals surface area contributed by atoms with Crippen LogP contribution in [0, 0.1) is 0 Å². The highest BCUT2D eigenvalue weighted by Gasteiger charge is 2.15. The topological polar surface area (TPSA) is 77.3 Å². The Morgan fingerprint density at radius 2 is 1.29 bits per heavy atom. The third kappa shape index (κ3) is 2.15. The van der Waals surface area contributed by atoms with Crippen LogP contribution in [0.2, 0.25) is 0 Å². The van der Waals surface area contributed by atoms with E-state index in [1.54, 1.807) is 12.4 Å². The van der Waals surface area contributed by atoms with Gasteiger partial charge in [0.05, 0.1) is 5.52 Å². The molecular formula is C22H12N6. The molecule has 28 heavy (non-hydrogen) atoms. The van der Waals surface area contributed by atoms with Gasteiger partial charge in [-0.25, -0.2) is 4.98 Å². The molecule has 0 bridgehead atoms. The first-order valence-corrected chi connectivity index (χ1v) is 8.89. The Labute approximate surface area is 159 Å².